The van der Waals surface area contributed by atoms with Crippen molar-refractivity contribution in [3.8, 4) is 0 Å². The minimum atomic E-state index is -0.0197. The fourth-order valence-electron chi connectivity index (χ4n) is 1.66. The Morgan fingerprint density at radius 3 is 2.84 bits per heavy atom. The first-order valence-electron chi connectivity index (χ1n) is 6.03. The predicted octanol–water partition coefficient (Wildman–Crippen LogP) is 3.98. The van der Waals surface area contributed by atoms with Gasteiger partial charge in [0.25, 0.3) is 0 Å². The summed E-state index contributed by atoms with van der Waals surface area (Å²) in [5, 5.41) is 4.19. The molecule has 1 amide bonds. The van der Waals surface area contributed by atoms with E-state index in [-0.39, 0.29) is 5.91 Å². The van der Waals surface area contributed by atoms with Gasteiger partial charge in [-0.25, -0.2) is 4.98 Å². The van der Waals surface area contributed by atoms with Crippen LogP contribution in [-0.4, -0.2) is 10.9 Å². The second-order valence-corrected chi connectivity index (χ2v) is 5.98. The average molecular weight is 295 g/mol. The van der Waals surface area contributed by atoms with E-state index in [1.807, 2.05) is 38.1 Å². The standard InChI is InChI=1S/C14H15ClN2OS/c1-9-10(2)19-14(16-9)17-13(18)7-6-11-4-3-5-12(15)8-11/h3-5,8H,6-7H2,1-2H3,(H,16,17,18). The van der Waals surface area contributed by atoms with E-state index >= 15 is 0 Å². The third kappa shape index (κ3) is 4.04. The van der Waals surface area contributed by atoms with Crippen molar-refractivity contribution >= 4 is 34.0 Å². The summed E-state index contributed by atoms with van der Waals surface area (Å²) in [5.74, 6) is -0.0197. The van der Waals surface area contributed by atoms with Crippen molar-refractivity contribution in [2.75, 3.05) is 5.32 Å². The second-order valence-electron chi connectivity index (χ2n) is 4.34. The zero-order chi connectivity index (χ0) is 13.8. The van der Waals surface area contributed by atoms with Gasteiger partial charge in [0.15, 0.2) is 5.13 Å². The first kappa shape index (κ1) is 14.0. The van der Waals surface area contributed by atoms with E-state index in [0.29, 0.717) is 23.0 Å². The Balaban J connectivity index is 1.88. The first-order valence-corrected chi connectivity index (χ1v) is 7.22. The van der Waals surface area contributed by atoms with Crippen molar-refractivity contribution in [3.63, 3.8) is 0 Å². The third-order valence-corrected chi connectivity index (χ3v) is 4.03. The highest BCUT2D eigenvalue weighted by atomic mass is 35.5. The van der Waals surface area contributed by atoms with E-state index in [1.54, 1.807) is 0 Å². The van der Waals surface area contributed by atoms with Gasteiger partial charge in [0.1, 0.15) is 0 Å². The molecule has 1 N–H and O–H groups in total. The van der Waals surface area contributed by atoms with Crippen LogP contribution in [0.1, 0.15) is 22.6 Å². The number of hydrogen-bond acceptors (Lipinski definition) is 3. The average Bonchev–Trinajstić information content (AvgIpc) is 2.66. The van der Waals surface area contributed by atoms with Gasteiger partial charge in [-0.1, -0.05) is 23.7 Å². The Kier molecular flexibility index (Phi) is 4.56. The van der Waals surface area contributed by atoms with Crippen LogP contribution in [-0.2, 0) is 11.2 Å². The third-order valence-electron chi connectivity index (χ3n) is 2.80. The molecule has 1 heterocycles. The van der Waals surface area contributed by atoms with Crippen molar-refractivity contribution in [1.82, 2.24) is 4.98 Å². The van der Waals surface area contributed by atoms with Gasteiger partial charge in [0.05, 0.1) is 5.69 Å². The smallest absolute Gasteiger partial charge is 0.226 e. The summed E-state index contributed by atoms with van der Waals surface area (Å²) >= 11 is 7.40. The monoisotopic (exact) mass is 294 g/mol. The molecule has 0 aliphatic rings. The lowest BCUT2D eigenvalue weighted by molar-refractivity contribution is -0.116. The minimum Gasteiger partial charge on any atom is -0.302 e. The van der Waals surface area contributed by atoms with Crippen molar-refractivity contribution in [2.24, 2.45) is 0 Å². The maximum absolute atomic E-state index is 11.8. The fourth-order valence-corrected chi connectivity index (χ4v) is 2.70. The molecule has 0 saturated heterocycles. The maximum Gasteiger partial charge on any atom is 0.226 e. The molecule has 0 unspecified atom stereocenters. The summed E-state index contributed by atoms with van der Waals surface area (Å²) in [6, 6.07) is 7.57. The molecule has 0 spiro atoms. The number of carbonyl (C=O) groups is 1. The van der Waals surface area contributed by atoms with Crippen LogP contribution in [0, 0.1) is 13.8 Å². The largest absolute Gasteiger partial charge is 0.302 e. The molecule has 19 heavy (non-hydrogen) atoms. The van der Waals surface area contributed by atoms with Crippen molar-refractivity contribution in [2.45, 2.75) is 26.7 Å². The number of aromatic nitrogens is 1. The highest BCUT2D eigenvalue weighted by Crippen LogP contribution is 2.21. The molecule has 0 fully saturated rings. The normalized spacial score (nSPS) is 10.5. The van der Waals surface area contributed by atoms with Crippen molar-refractivity contribution < 1.29 is 4.79 Å². The van der Waals surface area contributed by atoms with E-state index in [9.17, 15) is 4.79 Å². The van der Waals surface area contributed by atoms with E-state index in [2.05, 4.69) is 10.3 Å². The van der Waals surface area contributed by atoms with Crippen LogP contribution < -0.4 is 5.32 Å². The van der Waals surface area contributed by atoms with Crippen LogP contribution >= 0.6 is 22.9 Å². The number of amides is 1. The van der Waals surface area contributed by atoms with Crippen LogP contribution in [0.5, 0.6) is 0 Å². The highest BCUT2D eigenvalue weighted by molar-refractivity contribution is 7.15. The van der Waals surface area contributed by atoms with Crippen LogP contribution in [0.2, 0.25) is 5.02 Å². The van der Waals surface area contributed by atoms with Crippen LogP contribution in [0.25, 0.3) is 0 Å². The molecule has 2 rings (SSSR count). The lowest BCUT2D eigenvalue weighted by Crippen LogP contribution is -2.12. The summed E-state index contributed by atoms with van der Waals surface area (Å²) in [6.07, 6.45) is 1.10. The fraction of sp³-hybridized carbons (Fsp3) is 0.286. The molecule has 1 aromatic carbocycles. The second kappa shape index (κ2) is 6.17. The molecule has 5 heteroatoms. The SMILES string of the molecule is Cc1nc(NC(=O)CCc2cccc(Cl)c2)sc1C. The number of nitrogens with one attached hydrogen (secondary N) is 1. The molecular formula is C14H15ClN2OS. The van der Waals surface area contributed by atoms with Gasteiger partial charge in [-0.3, -0.25) is 4.79 Å². The molecule has 2 aromatic rings. The zero-order valence-electron chi connectivity index (χ0n) is 10.9. The van der Waals surface area contributed by atoms with Gasteiger partial charge in [-0.05, 0) is 38.0 Å². The van der Waals surface area contributed by atoms with Gasteiger partial charge in [0.2, 0.25) is 5.91 Å². The predicted molar refractivity (Wildman–Crippen MR) is 80.0 cm³/mol. The van der Waals surface area contributed by atoms with E-state index in [0.717, 1.165) is 16.1 Å². The first-order chi connectivity index (χ1) is 9.04. The number of anilines is 1. The Labute approximate surface area is 121 Å². The number of halogens is 1. The molecule has 0 radical (unpaired) electrons. The summed E-state index contributed by atoms with van der Waals surface area (Å²) in [5.41, 5.74) is 2.03. The van der Waals surface area contributed by atoms with Gasteiger partial charge in [0, 0.05) is 16.3 Å². The molecule has 0 atom stereocenters. The van der Waals surface area contributed by atoms with Crippen molar-refractivity contribution in [1.29, 1.82) is 0 Å². The Morgan fingerprint density at radius 2 is 2.21 bits per heavy atom. The molecule has 3 nitrogen and oxygen atoms in total. The number of thiazole rings is 1. The molecule has 0 saturated carbocycles. The number of aryl methyl sites for hydroxylation is 3. The van der Waals surface area contributed by atoms with Gasteiger partial charge in [-0.2, -0.15) is 0 Å². The lowest BCUT2D eigenvalue weighted by Gasteiger charge is -2.02. The summed E-state index contributed by atoms with van der Waals surface area (Å²) in [6.45, 7) is 3.93. The lowest BCUT2D eigenvalue weighted by atomic mass is 10.1. The summed E-state index contributed by atoms with van der Waals surface area (Å²) < 4.78 is 0. The van der Waals surface area contributed by atoms with Gasteiger partial charge in [-0.15, -0.1) is 11.3 Å². The summed E-state index contributed by atoms with van der Waals surface area (Å²) in [4.78, 5) is 17.2. The molecule has 0 aliphatic carbocycles. The minimum absolute atomic E-state index is 0.0197. The van der Waals surface area contributed by atoms with Crippen LogP contribution in [0.15, 0.2) is 24.3 Å². The number of carbonyl (C=O) groups excluding carboxylic acids is 1. The Morgan fingerprint density at radius 1 is 1.42 bits per heavy atom. The Bertz CT molecular complexity index is 575. The molecular weight excluding hydrogens is 280 g/mol. The van der Waals surface area contributed by atoms with Crippen molar-refractivity contribution in [3.05, 3.63) is 45.4 Å². The van der Waals surface area contributed by atoms with Gasteiger partial charge < -0.3 is 5.32 Å². The van der Waals surface area contributed by atoms with Gasteiger partial charge >= 0.3 is 0 Å². The topological polar surface area (TPSA) is 42.0 Å². The molecule has 1 aromatic heterocycles. The summed E-state index contributed by atoms with van der Waals surface area (Å²) in [7, 11) is 0. The maximum atomic E-state index is 11.8. The zero-order valence-corrected chi connectivity index (χ0v) is 12.4. The molecule has 0 aliphatic heterocycles. The quantitative estimate of drug-likeness (QED) is 0.926. The Hall–Kier alpha value is -1.39. The van der Waals surface area contributed by atoms with Crippen LogP contribution in [0.4, 0.5) is 5.13 Å². The highest BCUT2D eigenvalue weighted by Gasteiger charge is 2.08. The molecule has 100 valence electrons. The number of rotatable bonds is 4. The van der Waals surface area contributed by atoms with E-state index < -0.39 is 0 Å². The molecule has 0 bridgehead atoms. The van der Waals surface area contributed by atoms with Crippen LogP contribution in [0.3, 0.4) is 0 Å². The number of nitrogens with zero attached hydrogens (tertiary/aromatic N) is 1. The number of benzene rings is 1. The number of hydrogen-bond donors (Lipinski definition) is 1. The van der Waals surface area contributed by atoms with E-state index in [1.165, 1.54) is 11.3 Å². The van der Waals surface area contributed by atoms with E-state index in [4.69, 9.17) is 11.6 Å².